The molecule has 0 bridgehead atoms. The smallest absolute Gasteiger partial charge is 0.416 e. The van der Waals surface area contributed by atoms with Gasteiger partial charge in [-0.2, -0.15) is 13.2 Å². The second kappa shape index (κ2) is 8.37. The van der Waals surface area contributed by atoms with Crippen molar-refractivity contribution in [3.8, 4) is 0 Å². The summed E-state index contributed by atoms with van der Waals surface area (Å²) in [5, 5.41) is 5.42. The number of hydrogen-bond acceptors (Lipinski definition) is 4. The van der Waals surface area contributed by atoms with Crippen LogP contribution in [0.15, 0.2) is 48.5 Å². The third-order valence-corrected chi connectivity index (χ3v) is 3.46. The predicted molar refractivity (Wildman–Crippen MR) is 91.0 cm³/mol. The quantitative estimate of drug-likeness (QED) is 0.760. The van der Waals surface area contributed by atoms with E-state index in [1.165, 1.54) is 19.2 Å². The summed E-state index contributed by atoms with van der Waals surface area (Å²) in [7, 11) is 1.29. The number of anilines is 2. The fourth-order valence-corrected chi connectivity index (χ4v) is 2.16. The van der Waals surface area contributed by atoms with Crippen LogP contribution >= 0.6 is 0 Å². The number of rotatable bonds is 6. The molecule has 0 saturated heterocycles. The van der Waals surface area contributed by atoms with Crippen molar-refractivity contribution in [3.63, 3.8) is 0 Å². The lowest BCUT2D eigenvalue weighted by Gasteiger charge is -2.10. The van der Waals surface area contributed by atoms with E-state index in [0.717, 1.165) is 12.1 Å². The zero-order valence-electron chi connectivity index (χ0n) is 13.9. The highest BCUT2D eigenvalue weighted by Crippen LogP contribution is 2.30. The average molecular weight is 366 g/mol. The van der Waals surface area contributed by atoms with Crippen molar-refractivity contribution in [2.45, 2.75) is 12.6 Å². The summed E-state index contributed by atoms with van der Waals surface area (Å²) in [5.41, 5.74) is 0.372. The number of amides is 1. The first-order valence-electron chi connectivity index (χ1n) is 7.69. The molecule has 2 rings (SSSR count). The van der Waals surface area contributed by atoms with E-state index in [4.69, 9.17) is 0 Å². The topological polar surface area (TPSA) is 67.4 Å². The minimum atomic E-state index is -4.46. The third kappa shape index (κ3) is 5.51. The van der Waals surface area contributed by atoms with Crippen LogP contribution in [0.2, 0.25) is 0 Å². The number of benzene rings is 2. The Morgan fingerprint density at radius 1 is 1.04 bits per heavy atom. The first-order chi connectivity index (χ1) is 12.3. The highest BCUT2D eigenvalue weighted by molar-refractivity contribution is 5.91. The lowest BCUT2D eigenvalue weighted by Crippen LogP contribution is -2.16. The van der Waals surface area contributed by atoms with Crippen LogP contribution in [0, 0.1) is 0 Å². The summed E-state index contributed by atoms with van der Waals surface area (Å²) in [5.74, 6) is -0.861. The van der Waals surface area contributed by atoms with Crippen molar-refractivity contribution < 1.29 is 27.5 Å². The van der Waals surface area contributed by atoms with Crippen LogP contribution in [-0.4, -0.2) is 25.5 Å². The second-order valence-electron chi connectivity index (χ2n) is 5.37. The Balaban J connectivity index is 1.83. The predicted octanol–water partition coefficient (Wildman–Crippen LogP) is 3.93. The van der Waals surface area contributed by atoms with Gasteiger partial charge in [0.25, 0.3) is 0 Å². The van der Waals surface area contributed by atoms with Gasteiger partial charge in [-0.1, -0.05) is 6.07 Å². The zero-order valence-corrected chi connectivity index (χ0v) is 13.9. The molecule has 0 aliphatic heterocycles. The molecule has 0 aliphatic rings. The van der Waals surface area contributed by atoms with Gasteiger partial charge in [0, 0.05) is 24.3 Å². The summed E-state index contributed by atoms with van der Waals surface area (Å²) in [6.07, 6.45) is -4.40. The largest absolute Gasteiger partial charge is 0.465 e. The molecular weight excluding hydrogens is 349 g/mol. The van der Waals surface area contributed by atoms with Gasteiger partial charge >= 0.3 is 12.1 Å². The molecule has 2 N–H and O–H groups in total. The Morgan fingerprint density at radius 3 is 2.35 bits per heavy atom. The molecular formula is C18H17F3N2O3. The lowest BCUT2D eigenvalue weighted by molar-refractivity contribution is -0.137. The van der Waals surface area contributed by atoms with Crippen LogP contribution in [0.3, 0.4) is 0 Å². The molecule has 26 heavy (non-hydrogen) atoms. The fraction of sp³-hybridized carbons (Fsp3) is 0.222. The molecule has 0 radical (unpaired) electrons. The first-order valence-corrected chi connectivity index (χ1v) is 7.69. The SMILES string of the molecule is COC(=O)c1ccc(NCCC(=O)Nc2cccc(C(F)(F)F)c2)cc1. The number of methoxy groups -OCH3 is 1. The molecule has 0 fully saturated rings. The van der Waals surface area contributed by atoms with Crippen molar-refractivity contribution >= 4 is 23.3 Å². The lowest BCUT2D eigenvalue weighted by atomic mass is 10.2. The summed E-state index contributed by atoms with van der Waals surface area (Å²) >= 11 is 0. The number of carbonyl (C=O) groups is 2. The Hall–Kier alpha value is -3.03. The molecule has 0 aliphatic carbocycles. The number of carbonyl (C=O) groups excluding carboxylic acids is 2. The first kappa shape index (κ1) is 19.3. The van der Waals surface area contributed by atoms with Crippen LogP contribution in [0.1, 0.15) is 22.3 Å². The number of esters is 1. The fourth-order valence-electron chi connectivity index (χ4n) is 2.16. The third-order valence-electron chi connectivity index (χ3n) is 3.46. The van der Waals surface area contributed by atoms with Crippen molar-refractivity contribution in [1.29, 1.82) is 0 Å². The van der Waals surface area contributed by atoms with Gasteiger partial charge in [0.15, 0.2) is 0 Å². The van der Waals surface area contributed by atoms with E-state index < -0.39 is 23.6 Å². The Morgan fingerprint density at radius 2 is 1.73 bits per heavy atom. The van der Waals surface area contributed by atoms with E-state index in [9.17, 15) is 22.8 Å². The van der Waals surface area contributed by atoms with Crippen LogP contribution in [0.5, 0.6) is 0 Å². The van der Waals surface area contributed by atoms with Gasteiger partial charge in [-0.25, -0.2) is 4.79 Å². The van der Waals surface area contributed by atoms with E-state index in [1.807, 2.05) is 0 Å². The average Bonchev–Trinajstić information content (AvgIpc) is 2.61. The minimum Gasteiger partial charge on any atom is -0.465 e. The van der Waals surface area contributed by atoms with Crippen LogP contribution in [0.4, 0.5) is 24.5 Å². The highest BCUT2D eigenvalue weighted by Gasteiger charge is 2.30. The molecule has 138 valence electrons. The zero-order chi connectivity index (χ0) is 19.2. The second-order valence-corrected chi connectivity index (χ2v) is 5.37. The van der Waals surface area contributed by atoms with Gasteiger partial charge in [-0.05, 0) is 42.5 Å². The molecule has 0 unspecified atom stereocenters. The molecule has 0 atom stereocenters. The van der Waals surface area contributed by atoms with Gasteiger partial charge in [0.05, 0.1) is 18.2 Å². The number of alkyl halides is 3. The Kier molecular flexibility index (Phi) is 6.21. The summed E-state index contributed by atoms with van der Waals surface area (Å²) in [6, 6.07) is 10.9. The molecule has 0 spiro atoms. The number of halogens is 3. The van der Waals surface area contributed by atoms with Crippen LogP contribution < -0.4 is 10.6 Å². The molecule has 0 heterocycles. The molecule has 0 saturated carbocycles. The van der Waals surface area contributed by atoms with E-state index in [1.54, 1.807) is 24.3 Å². The maximum Gasteiger partial charge on any atom is 0.416 e. The molecule has 5 nitrogen and oxygen atoms in total. The van der Waals surface area contributed by atoms with Crippen molar-refractivity contribution in [1.82, 2.24) is 0 Å². The van der Waals surface area contributed by atoms with Gasteiger partial charge in [0.2, 0.25) is 5.91 Å². The van der Waals surface area contributed by atoms with E-state index in [2.05, 4.69) is 15.4 Å². The molecule has 2 aromatic rings. The van der Waals surface area contributed by atoms with Gasteiger partial charge < -0.3 is 15.4 Å². The molecule has 2 aromatic carbocycles. The van der Waals surface area contributed by atoms with Crippen molar-refractivity contribution in [2.24, 2.45) is 0 Å². The van der Waals surface area contributed by atoms with E-state index in [-0.39, 0.29) is 18.7 Å². The van der Waals surface area contributed by atoms with Crippen molar-refractivity contribution in [3.05, 3.63) is 59.7 Å². The Bertz CT molecular complexity index is 774. The normalized spacial score (nSPS) is 10.9. The number of hydrogen-bond donors (Lipinski definition) is 2. The van der Waals surface area contributed by atoms with Crippen molar-refractivity contribution in [2.75, 3.05) is 24.3 Å². The Labute approximate surface area is 148 Å². The monoisotopic (exact) mass is 366 g/mol. The van der Waals surface area contributed by atoms with Gasteiger partial charge in [0.1, 0.15) is 0 Å². The summed E-state index contributed by atoms with van der Waals surface area (Å²) in [6.45, 7) is 0.280. The van der Waals surface area contributed by atoms with E-state index >= 15 is 0 Å². The maximum absolute atomic E-state index is 12.6. The molecule has 0 aromatic heterocycles. The van der Waals surface area contributed by atoms with E-state index in [0.29, 0.717) is 11.3 Å². The van der Waals surface area contributed by atoms with Crippen LogP contribution in [0.25, 0.3) is 0 Å². The standard InChI is InChI=1S/C18H17F3N2O3/c1-26-17(25)12-5-7-14(8-6-12)22-10-9-16(24)23-15-4-2-3-13(11-15)18(19,20)21/h2-8,11,22H,9-10H2,1H3,(H,23,24). The van der Waals surface area contributed by atoms with Gasteiger partial charge in [-0.15, -0.1) is 0 Å². The number of ether oxygens (including phenoxy) is 1. The molecule has 1 amide bonds. The minimum absolute atomic E-state index is 0.0645. The summed E-state index contributed by atoms with van der Waals surface area (Å²) < 4.78 is 42.5. The van der Waals surface area contributed by atoms with Crippen LogP contribution in [-0.2, 0) is 15.7 Å². The highest BCUT2D eigenvalue weighted by atomic mass is 19.4. The molecule has 8 heteroatoms. The number of nitrogens with one attached hydrogen (secondary N) is 2. The maximum atomic E-state index is 12.6. The summed E-state index contributed by atoms with van der Waals surface area (Å²) in [4.78, 5) is 23.2. The van der Waals surface area contributed by atoms with Gasteiger partial charge in [-0.3, -0.25) is 4.79 Å².